The van der Waals surface area contributed by atoms with Crippen molar-refractivity contribution in [2.45, 2.75) is 37.4 Å². The fraction of sp³-hybridized carbons (Fsp3) is 0.500. The molecule has 1 aromatic heterocycles. The molecule has 34 heavy (non-hydrogen) atoms. The van der Waals surface area contributed by atoms with Crippen molar-refractivity contribution in [1.82, 2.24) is 14.2 Å². The van der Waals surface area contributed by atoms with Gasteiger partial charge in [0.2, 0.25) is 10.0 Å². The number of amides is 1. The van der Waals surface area contributed by atoms with Crippen LogP contribution >= 0.6 is 11.6 Å². The number of nitrogens with two attached hydrogens (primary N) is 1. The minimum atomic E-state index is -3.25. The van der Waals surface area contributed by atoms with Gasteiger partial charge in [-0.3, -0.25) is 4.79 Å². The van der Waals surface area contributed by atoms with Crippen LogP contribution in [0.15, 0.2) is 30.5 Å². The average molecular weight is 506 g/mol. The van der Waals surface area contributed by atoms with Gasteiger partial charge in [0.25, 0.3) is 5.91 Å². The maximum atomic E-state index is 13.0. The number of anilines is 2. The summed E-state index contributed by atoms with van der Waals surface area (Å²) in [6, 6.07) is 7.11. The number of benzene rings is 1. The molecule has 1 aliphatic carbocycles. The molecular formula is C24H32ClN5O3S. The summed E-state index contributed by atoms with van der Waals surface area (Å²) in [6.07, 6.45) is 6.40. The average Bonchev–Trinajstić information content (AvgIpc) is 2.84. The Hall–Kier alpha value is -2.36. The zero-order chi connectivity index (χ0) is 24.5. The summed E-state index contributed by atoms with van der Waals surface area (Å²) in [4.78, 5) is 20.3. The number of hydrogen-bond acceptors (Lipinski definition) is 6. The van der Waals surface area contributed by atoms with Crippen LogP contribution in [0.4, 0.5) is 11.5 Å². The number of rotatable bonds is 5. The molecule has 2 fully saturated rings. The van der Waals surface area contributed by atoms with E-state index in [9.17, 15) is 13.2 Å². The Morgan fingerprint density at radius 3 is 2.32 bits per heavy atom. The molecule has 1 saturated carbocycles. The van der Waals surface area contributed by atoms with E-state index in [0.717, 1.165) is 43.2 Å². The first-order valence-corrected chi connectivity index (χ1v) is 13.6. The zero-order valence-corrected chi connectivity index (χ0v) is 21.3. The van der Waals surface area contributed by atoms with E-state index in [1.54, 1.807) is 36.7 Å². The predicted octanol–water partition coefficient (Wildman–Crippen LogP) is 3.47. The van der Waals surface area contributed by atoms with Crippen LogP contribution in [-0.2, 0) is 10.0 Å². The molecular weight excluding hydrogens is 474 g/mol. The molecule has 4 rings (SSSR count). The molecule has 0 spiro atoms. The molecule has 0 bridgehead atoms. The van der Waals surface area contributed by atoms with Gasteiger partial charge in [-0.25, -0.2) is 13.4 Å². The third kappa shape index (κ3) is 5.01. The van der Waals surface area contributed by atoms with Crippen molar-refractivity contribution in [2.75, 3.05) is 50.9 Å². The van der Waals surface area contributed by atoms with Crippen LogP contribution in [0, 0.1) is 0 Å². The second-order valence-electron chi connectivity index (χ2n) is 9.22. The Labute approximate surface area is 206 Å². The van der Waals surface area contributed by atoms with Gasteiger partial charge in [-0.2, -0.15) is 4.31 Å². The fourth-order valence-electron chi connectivity index (χ4n) is 4.73. The third-order valence-corrected chi connectivity index (χ3v) is 9.42. The molecule has 2 aromatic rings. The Morgan fingerprint density at radius 2 is 1.74 bits per heavy atom. The minimum Gasteiger partial charge on any atom is -0.396 e. The van der Waals surface area contributed by atoms with E-state index in [1.807, 2.05) is 17.0 Å². The molecule has 8 nitrogen and oxygen atoms in total. The van der Waals surface area contributed by atoms with Gasteiger partial charge in [0, 0.05) is 52.0 Å². The molecule has 0 unspecified atom stereocenters. The lowest BCUT2D eigenvalue weighted by molar-refractivity contribution is 0.0828. The highest BCUT2D eigenvalue weighted by molar-refractivity contribution is 7.89. The second kappa shape index (κ2) is 10.1. The number of pyridine rings is 1. The summed E-state index contributed by atoms with van der Waals surface area (Å²) in [5.41, 5.74) is 8.92. The van der Waals surface area contributed by atoms with Gasteiger partial charge >= 0.3 is 0 Å². The number of piperazine rings is 1. The van der Waals surface area contributed by atoms with Crippen molar-refractivity contribution in [3.63, 3.8) is 0 Å². The lowest BCUT2D eigenvalue weighted by atomic mass is 10.0. The molecule has 1 amide bonds. The van der Waals surface area contributed by atoms with E-state index in [4.69, 9.17) is 17.3 Å². The lowest BCUT2D eigenvalue weighted by Crippen LogP contribution is -2.51. The molecule has 0 atom stereocenters. The van der Waals surface area contributed by atoms with Gasteiger partial charge in [0.15, 0.2) is 5.82 Å². The van der Waals surface area contributed by atoms with E-state index in [0.29, 0.717) is 48.3 Å². The molecule has 1 aromatic carbocycles. The molecule has 2 N–H and O–H groups in total. The van der Waals surface area contributed by atoms with E-state index in [-0.39, 0.29) is 11.2 Å². The molecule has 1 aliphatic heterocycles. The number of carbonyl (C=O) groups is 1. The quantitative estimate of drug-likeness (QED) is 0.667. The summed E-state index contributed by atoms with van der Waals surface area (Å²) < 4.78 is 27.7. The number of nitrogens with zero attached hydrogens (tertiary/aromatic N) is 4. The first-order chi connectivity index (χ1) is 16.2. The lowest BCUT2D eigenvalue weighted by Gasteiger charge is -2.37. The fourth-order valence-corrected chi connectivity index (χ4v) is 7.02. The molecule has 2 heterocycles. The standard InChI is InChI=1S/C24H32ClN5O3S/c1-28(2)24(31)20-9-8-17(14-21(20)25)18-15-22(26)23(27-16-18)29-10-12-30(13-11-29)34(32,33)19-6-4-3-5-7-19/h8-9,14-16,19H,3-7,10-13,26H2,1-2H3. The minimum absolute atomic E-state index is 0.158. The Kier molecular flexibility index (Phi) is 7.35. The molecule has 184 valence electrons. The summed E-state index contributed by atoms with van der Waals surface area (Å²) in [5, 5.41) is 0.135. The van der Waals surface area contributed by atoms with E-state index < -0.39 is 10.0 Å². The summed E-state index contributed by atoms with van der Waals surface area (Å²) in [5.74, 6) is 0.498. The SMILES string of the molecule is CN(C)C(=O)c1ccc(-c2cnc(N3CCN(S(=O)(=O)C4CCCCC4)CC3)c(N)c2)cc1Cl. The van der Waals surface area contributed by atoms with Crippen molar-refractivity contribution < 1.29 is 13.2 Å². The molecule has 0 radical (unpaired) electrons. The highest BCUT2D eigenvalue weighted by atomic mass is 35.5. The summed E-state index contributed by atoms with van der Waals surface area (Å²) in [7, 11) is 0.116. The highest BCUT2D eigenvalue weighted by Gasteiger charge is 2.35. The Morgan fingerprint density at radius 1 is 1.06 bits per heavy atom. The second-order valence-corrected chi connectivity index (χ2v) is 11.8. The highest BCUT2D eigenvalue weighted by Crippen LogP contribution is 2.32. The monoisotopic (exact) mass is 505 g/mol. The van der Waals surface area contributed by atoms with Gasteiger partial charge < -0.3 is 15.5 Å². The zero-order valence-electron chi connectivity index (χ0n) is 19.7. The van der Waals surface area contributed by atoms with Crippen molar-refractivity contribution >= 4 is 39.0 Å². The van der Waals surface area contributed by atoms with Gasteiger partial charge in [-0.15, -0.1) is 0 Å². The molecule has 2 aliphatic rings. The number of halogens is 1. The number of hydrogen-bond donors (Lipinski definition) is 1. The van der Waals surface area contributed by atoms with Crippen LogP contribution in [0.5, 0.6) is 0 Å². The van der Waals surface area contributed by atoms with Crippen molar-refractivity contribution in [1.29, 1.82) is 0 Å². The van der Waals surface area contributed by atoms with Gasteiger partial charge in [0.05, 0.1) is 21.5 Å². The third-order valence-electron chi connectivity index (χ3n) is 6.71. The summed E-state index contributed by atoms with van der Waals surface area (Å²) in [6.45, 7) is 1.99. The van der Waals surface area contributed by atoms with Crippen molar-refractivity contribution in [2.24, 2.45) is 0 Å². The number of carbonyl (C=O) groups excluding carboxylic acids is 1. The number of nitrogen functional groups attached to an aromatic ring is 1. The molecule has 1 saturated heterocycles. The maximum Gasteiger partial charge on any atom is 0.254 e. The number of sulfonamides is 1. The van der Waals surface area contributed by atoms with Crippen LogP contribution in [0.1, 0.15) is 42.5 Å². The van der Waals surface area contributed by atoms with E-state index in [1.165, 1.54) is 4.90 Å². The van der Waals surface area contributed by atoms with Crippen LogP contribution in [0.3, 0.4) is 0 Å². The maximum absolute atomic E-state index is 13.0. The summed E-state index contributed by atoms with van der Waals surface area (Å²) >= 11 is 6.36. The first kappa shape index (κ1) is 24.8. The van der Waals surface area contributed by atoms with Crippen LogP contribution in [0.25, 0.3) is 11.1 Å². The smallest absolute Gasteiger partial charge is 0.254 e. The van der Waals surface area contributed by atoms with E-state index in [2.05, 4.69) is 4.98 Å². The van der Waals surface area contributed by atoms with Crippen molar-refractivity contribution in [3.05, 3.63) is 41.0 Å². The van der Waals surface area contributed by atoms with Crippen LogP contribution in [0.2, 0.25) is 5.02 Å². The topological polar surface area (TPSA) is 99.8 Å². The van der Waals surface area contributed by atoms with E-state index >= 15 is 0 Å². The van der Waals surface area contributed by atoms with Gasteiger partial charge in [0.1, 0.15) is 0 Å². The molecule has 10 heteroatoms. The predicted molar refractivity (Wildman–Crippen MR) is 137 cm³/mol. The van der Waals surface area contributed by atoms with Crippen LogP contribution in [-0.4, -0.2) is 74.0 Å². The largest absolute Gasteiger partial charge is 0.396 e. The number of aromatic nitrogens is 1. The van der Waals surface area contributed by atoms with Crippen LogP contribution < -0.4 is 10.6 Å². The first-order valence-electron chi connectivity index (χ1n) is 11.7. The Balaban J connectivity index is 1.45. The van der Waals surface area contributed by atoms with Gasteiger partial charge in [-0.1, -0.05) is 36.9 Å². The van der Waals surface area contributed by atoms with Gasteiger partial charge in [-0.05, 0) is 36.6 Å². The normalized spacial score (nSPS) is 18.1. The Bertz CT molecular complexity index is 1160. The van der Waals surface area contributed by atoms with Crippen molar-refractivity contribution in [3.8, 4) is 11.1 Å².